The Morgan fingerprint density at radius 1 is 1.44 bits per heavy atom. The average molecular weight is 271 g/mol. The van der Waals surface area contributed by atoms with Crippen molar-refractivity contribution in [3.05, 3.63) is 34.9 Å². The van der Waals surface area contributed by atoms with Gasteiger partial charge in [-0.25, -0.2) is 0 Å². The fourth-order valence-electron chi connectivity index (χ4n) is 1.64. The lowest BCUT2D eigenvalue weighted by Gasteiger charge is -2.21. The first-order valence-corrected chi connectivity index (χ1v) is 6.29. The molecule has 0 amide bonds. The number of carboxylic acids is 1. The van der Waals surface area contributed by atoms with Crippen molar-refractivity contribution in [2.24, 2.45) is 0 Å². The van der Waals surface area contributed by atoms with Crippen molar-refractivity contribution in [1.82, 2.24) is 0 Å². The molecule has 1 aromatic carbocycles. The van der Waals surface area contributed by atoms with Gasteiger partial charge in [0.25, 0.3) is 0 Å². The number of rotatable bonds is 5. The van der Waals surface area contributed by atoms with Gasteiger partial charge in [0, 0.05) is 11.6 Å². The first kappa shape index (κ1) is 15.0. The summed E-state index contributed by atoms with van der Waals surface area (Å²) >= 11 is 5.88. The third-order valence-electron chi connectivity index (χ3n) is 2.49. The molecule has 0 aliphatic heterocycles. The SMILES string of the molecule is CC(C)(C)OCCC(C(=O)O)c1cccc(Cl)c1. The van der Waals surface area contributed by atoms with Crippen LogP contribution >= 0.6 is 11.6 Å². The molecule has 1 rings (SSSR count). The van der Waals surface area contributed by atoms with E-state index in [2.05, 4.69) is 0 Å². The summed E-state index contributed by atoms with van der Waals surface area (Å²) < 4.78 is 5.57. The van der Waals surface area contributed by atoms with Crippen LogP contribution in [0.2, 0.25) is 5.02 Å². The van der Waals surface area contributed by atoms with Gasteiger partial charge in [0.05, 0.1) is 11.5 Å². The Balaban J connectivity index is 2.69. The van der Waals surface area contributed by atoms with Gasteiger partial charge < -0.3 is 9.84 Å². The van der Waals surface area contributed by atoms with E-state index in [9.17, 15) is 9.90 Å². The first-order chi connectivity index (χ1) is 8.29. The second kappa shape index (κ2) is 6.21. The Morgan fingerprint density at radius 3 is 2.61 bits per heavy atom. The lowest BCUT2D eigenvalue weighted by Crippen LogP contribution is -2.22. The molecule has 1 unspecified atom stereocenters. The van der Waals surface area contributed by atoms with E-state index >= 15 is 0 Å². The minimum absolute atomic E-state index is 0.253. The molecule has 0 aromatic heterocycles. The molecule has 0 heterocycles. The van der Waals surface area contributed by atoms with Crippen LogP contribution in [0.5, 0.6) is 0 Å². The minimum atomic E-state index is -0.852. The Morgan fingerprint density at radius 2 is 2.11 bits per heavy atom. The molecule has 1 aromatic rings. The zero-order valence-corrected chi connectivity index (χ0v) is 11.7. The van der Waals surface area contributed by atoms with Gasteiger partial charge >= 0.3 is 5.97 Å². The smallest absolute Gasteiger partial charge is 0.311 e. The molecule has 3 nitrogen and oxygen atoms in total. The molecule has 0 saturated heterocycles. The van der Waals surface area contributed by atoms with Crippen molar-refractivity contribution in [1.29, 1.82) is 0 Å². The van der Waals surface area contributed by atoms with E-state index in [1.165, 1.54) is 0 Å². The molecule has 100 valence electrons. The van der Waals surface area contributed by atoms with E-state index in [-0.39, 0.29) is 5.60 Å². The highest BCUT2D eigenvalue weighted by molar-refractivity contribution is 6.30. The highest BCUT2D eigenvalue weighted by Gasteiger charge is 2.21. The lowest BCUT2D eigenvalue weighted by atomic mass is 9.96. The Kier molecular flexibility index (Phi) is 5.17. The van der Waals surface area contributed by atoms with Gasteiger partial charge in [-0.1, -0.05) is 23.7 Å². The molecule has 4 heteroatoms. The van der Waals surface area contributed by atoms with Gasteiger partial charge in [0.15, 0.2) is 0 Å². The van der Waals surface area contributed by atoms with Gasteiger partial charge in [0.1, 0.15) is 0 Å². The van der Waals surface area contributed by atoms with Gasteiger partial charge in [-0.05, 0) is 44.9 Å². The molecular weight excluding hydrogens is 252 g/mol. The summed E-state index contributed by atoms with van der Waals surface area (Å²) in [5.41, 5.74) is 0.463. The highest BCUT2D eigenvalue weighted by Crippen LogP contribution is 2.23. The van der Waals surface area contributed by atoms with Crippen LogP contribution < -0.4 is 0 Å². The standard InChI is InChI=1S/C14H19ClO3/c1-14(2,3)18-8-7-12(13(16)17)10-5-4-6-11(15)9-10/h4-6,9,12H,7-8H2,1-3H3,(H,16,17). The number of halogens is 1. The van der Waals surface area contributed by atoms with Crippen molar-refractivity contribution < 1.29 is 14.6 Å². The lowest BCUT2D eigenvalue weighted by molar-refractivity contribution is -0.139. The summed E-state index contributed by atoms with van der Waals surface area (Å²) in [6.07, 6.45) is 0.437. The van der Waals surface area contributed by atoms with E-state index in [0.29, 0.717) is 23.6 Å². The monoisotopic (exact) mass is 270 g/mol. The summed E-state index contributed by atoms with van der Waals surface area (Å²) in [5.74, 6) is -1.43. The summed E-state index contributed by atoms with van der Waals surface area (Å²) in [7, 11) is 0. The fraction of sp³-hybridized carbons (Fsp3) is 0.500. The minimum Gasteiger partial charge on any atom is -0.481 e. The van der Waals surface area contributed by atoms with E-state index in [4.69, 9.17) is 16.3 Å². The van der Waals surface area contributed by atoms with Crippen molar-refractivity contribution >= 4 is 17.6 Å². The van der Waals surface area contributed by atoms with Crippen molar-refractivity contribution in [3.8, 4) is 0 Å². The zero-order chi connectivity index (χ0) is 13.8. The number of benzene rings is 1. The van der Waals surface area contributed by atoms with Crippen molar-refractivity contribution in [2.45, 2.75) is 38.7 Å². The van der Waals surface area contributed by atoms with E-state index in [0.717, 1.165) is 0 Å². The van der Waals surface area contributed by atoms with Crippen LogP contribution in [0.4, 0.5) is 0 Å². The predicted octanol–water partition coefficient (Wildman–Crippen LogP) is 3.71. The van der Waals surface area contributed by atoms with Crippen molar-refractivity contribution in [3.63, 3.8) is 0 Å². The van der Waals surface area contributed by atoms with Crippen LogP contribution in [0, 0.1) is 0 Å². The maximum Gasteiger partial charge on any atom is 0.311 e. The van der Waals surface area contributed by atoms with Crippen LogP contribution in [0.15, 0.2) is 24.3 Å². The number of hydrogen-bond donors (Lipinski definition) is 1. The Labute approximate surface area is 113 Å². The number of carboxylic acid groups (broad SMARTS) is 1. The van der Waals surface area contributed by atoms with Crippen LogP contribution in [0.3, 0.4) is 0 Å². The summed E-state index contributed by atoms with van der Waals surface area (Å²) in [4.78, 5) is 11.3. The summed E-state index contributed by atoms with van der Waals surface area (Å²) in [6, 6.07) is 6.97. The Hall–Kier alpha value is -1.06. The maximum absolute atomic E-state index is 11.3. The van der Waals surface area contributed by atoms with Crippen LogP contribution in [-0.4, -0.2) is 23.3 Å². The predicted molar refractivity (Wildman–Crippen MR) is 72.2 cm³/mol. The van der Waals surface area contributed by atoms with Gasteiger partial charge in [0.2, 0.25) is 0 Å². The largest absolute Gasteiger partial charge is 0.481 e. The second-order valence-corrected chi connectivity index (χ2v) is 5.63. The molecule has 0 spiro atoms. The quantitative estimate of drug-likeness (QED) is 0.887. The molecule has 0 fully saturated rings. The molecule has 18 heavy (non-hydrogen) atoms. The third kappa shape index (κ3) is 5.07. The van der Waals surface area contributed by atoms with E-state index < -0.39 is 11.9 Å². The number of ether oxygens (including phenoxy) is 1. The number of carbonyl (C=O) groups is 1. The molecule has 0 bridgehead atoms. The number of aliphatic carboxylic acids is 1. The second-order valence-electron chi connectivity index (χ2n) is 5.20. The van der Waals surface area contributed by atoms with Gasteiger partial charge in [-0.3, -0.25) is 4.79 Å². The molecule has 0 radical (unpaired) electrons. The molecule has 0 aliphatic rings. The average Bonchev–Trinajstić information content (AvgIpc) is 2.22. The van der Waals surface area contributed by atoms with Gasteiger partial charge in [-0.15, -0.1) is 0 Å². The van der Waals surface area contributed by atoms with Crippen LogP contribution in [0.1, 0.15) is 38.7 Å². The van der Waals surface area contributed by atoms with Crippen LogP contribution in [-0.2, 0) is 9.53 Å². The van der Waals surface area contributed by atoms with Crippen molar-refractivity contribution in [2.75, 3.05) is 6.61 Å². The topological polar surface area (TPSA) is 46.5 Å². The van der Waals surface area contributed by atoms with E-state index in [1.54, 1.807) is 24.3 Å². The summed E-state index contributed by atoms with van der Waals surface area (Å²) in [5, 5.41) is 9.80. The van der Waals surface area contributed by atoms with Crippen LogP contribution in [0.25, 0.3) is 0 Å². The Bertz CT molecular complexity index is 410. The summed E-state index contributed by atoms with van der Waals surface area (Å²) in [6.45, 7) is 6.25. The highest BCUT2D eigenvalue weighted by atomic mass is 35.5. The third-order valence-corrected chi connectivity index (χ3v) is 2.73. The molecule has 1 atom stereocenters. The molecule has 1 N–H and O–H groups in total. The molecule has 0 saturated carbocycles. The number of hydrogen-bond acceptors (Lipinski definition) is 2. The normalized spacial score (nSPS) is 13.3. The molecule has 0 aliphatic carbocycles. The zero-order valence-electron chi connectivity index (χ0n) is 10.9. The molecular formula is C14H19ClO3. The first-order valence-electron chi connectivity index (χ1n) is 5.92. The fourth-order valence-corrected chi connectivity index (χ4v) is 1.84. The maximum atomic E-state index is 11.3. The van der Waals surface area contributed by atoms with Gasteiger partial charge in [-0.2, -0.15) is 0 Å². The van der Waals surface area contributed by atoms with E-state index in [1.807, 2.05) is 20.8 Å².